The molecule has 0 fully saturated rings. The molecule has 0 bridgehead atoms. The minimum atomic E-state index is -0.235. The average Bonchev–Trinajstić information content (AvgIpc) is 2.34. The number of benzene rings is 2. The molecule has 0 aliphatic carbocycles. The molecule has 2 aromatic carbocycles. The summed E-state index contributed by atoms with van der Waals surface area (Å²) >= 11 is 9.73. The first-order valence-electron chi connectivity index (χ1n) is 5.91. The molecule has 0 aromatic heterocycles. The summed E-state index contributed by atoms with van der Waals surface area (Å²) in [6.07, 6.45) is 0. The molecule has 0 aliphatic heterocycles. The Morgan fingerprint density at radius 2 is 2.00 bits per heavy atom. The van der Waals surface area contributed by atoms with Crippen molar-refractivity contribution >= 4 is 27.5 Å². The van der Waals surface area contributed by atoms with Crippen LogP contribution in [-0.2, 0) is 0 Å². The second-order valence-electron chi connectivity index (χ2n) is 4.43. The highest BCUT2D eigenvalue weighted by atomic mass is 79.9. The van der Waals surface area contributed by atoms with Gasteiger partial charge in [0.15, 0.2) is 0 Å². The van der Waals surface area contributed by atoms with Gasteiger partial charge in [-0.15, -0.1) is 0 Å². The summed E-state index contributed by atoms with van der Waals surface area (Å²) in [5.74, 6) is -0.235. The summed E-state index contributed by atoms with van der Waals surface area (Å²) in [6.45, 7) is 1.88. The van der Waals surface area contributed by atoms with Gasteiger partial charge in [0.05, 0.1) is 11.1 Å². The van der Waals surface area contributed by atoms with E-state index in [0.29, 0.717) is 5.02 Å². The van der Waals surface area contributed by atoms with Gasteiger partial charge in [0.2, 0.25) is 0 Å². The maximum atomic E-state index is 13.6. The zero-order chi connectivity index (χ0) is 14.0. The third kappa shape index (κ3) is 3.16. The molecule has 100 valence electrons. The van der Waals surface area contributed by atoms with Crippen molar-refractivity contribution in [2.75, 3.05) is 7.05 Å². The zero-order valence-corrected chi connectivity index (χ0v) is 13.0. The molecule has 0 amide bonds. The van der Waals surface area contributed by atoms with Gasteiger partial charge in [0.25, 0.3) is 0 Å². The van der Waals surface area contributed by atoms with Gasteiger partial charge < -0.3 is 5.32 Å². The maximum absolute atomic E-state index is 13.6. The van der Waals surface area contributed by atoms with Crippen LogP contribution in [0.4, 0.5) is 4.39 Å². The Morgan fingerprint density at radius 1 is 1.26 bits per heavy atom. The number of halogens is 3. The highest BCUT2D eigenvalue weighted by Gasteiger charge is 2.17. The SMILES string of the molecule is CNC(c1cc(C)cc(F)c1)c1cccc(Br)c1Cl. The largest absolute Gasteiger partial charge is 0.309 e. The van der Waals surface area contributed by atoms with E-state index in [9.17, 15) is 4.39 Å². The predicted molar refractivity (Wildman–Crippen MR) is 81.2 cm³/mol. The molecule has 1 unspecified atom stereocenters. The molecule has 0 spiro atoms. The van der Waals surface area contributed by atoms with E-state index in [4.69, 9.17) is 11.6 Å². The minimum absolute atomic E-state index is 0.139. The number of hydrogen-bond acceptors (Lipinski definition) is 1. The standard InChI is InChI=1S/C15H14BrClFN/c1-9-6-10(8-11(18)7-9)15(19-2)12-4-3-5-13(16)14(12)17/h3-8,15,19H,1-2H3. The van der Waals surface area contributed by atoms with Gasteiger partial charge in [-0.05, 0) is 64.8 Å². The topological polar surface area (TPSA) is 12.0 Å². The van der Waals surface area contributed by atoms with Crippen LogP contribution in [0.15, 0.2) is 40.9 Å². The molecule has 4 heteroatoms. The monoisotopic (exact) mass is 341 g/mol. The summed E-state index contributed by atoms with van der Waals surface area (Å²) in [5.41, 5.74) is 2.67. The summed E-state index contributed by atoms with van der Waals surface area (Å²) in [7, 11) is 1.84. The predicted octanol–water partition coefficient (Wildman–Crippen LogP) is 4.86. The van der Waals surface area contributed by atoms with Crippen LogP contribution < -0.4 is 5.32 Å². The number of hydrogen-bond donors (Lipinski definition) is 1. The van der Waals surface area contributed by atoms with Gasteiger partial charge in [-0.2, -0.15) is 0 Å². The third-order valence-electron chi connectivity index (χ3n) is 2.98. The van der Waals surface area contributed by atoms with E-state index in [-0.39, 0.29) is 11.9 Å². The number of rotatable bonds is 3. The molecule has 1 nitrogen and oxygen atoms in total. The highest BCUT2D eigenvalue weighted by Crippen LogP contribution is 2.33. The Bertz CT molecular complexity index is 580. The van der Waals surface area contributed by atoms with Crippen molar-refractivity contribution in [2.45, 2.75) is 13.0 Å². The Morgan fingerprint density at radius 3 is 2.63 bits per heavy atom. The van der Waals surface area contributed by atoms with Crippen molar-refractivity contribution in [3.8, 4) is 0 Å². The van der Waals surface area contributed by atoms with E-state index < -0.39 is 0 Å². The molecule has 2 aromatic rings. The van der Waals surface area contributed by atoms with Crippen LogP contribution in [0.3, 0.4) is 0 Å². The molecule has 0 saturated heterocycles. The zero-order valence-electron chi connectivity index (χ0n) is 10.7. The quantitative estimate of drug-likeness (QED) is 0.840. The van der Waals surface area contributed by atoms with E-state index in [1.54, 1.807) is 0 Å². The van der Waals surface area contributed by atoms with E-state index in [0.717, 1.165) is 21.2 Å². The lowest BCUT2D eigenvalue weighted by atomic mass is 9.97. The van der Waals surface area contributed by atoms with E-state index in [1.165, 1.54) is 12.1 Å². The Hall–Kier alpha value is -0.900. The lowest BCUT2D eigenvalue weighted by Crippen LogP contribution is -2.18. The molecule has 1 N–H and O–H groups in total. The molecular formula is C15H14BrClFN. The van der Waals surface area contributed by atoms with Gasteiger partial charge in [0, 0.05) is 4.47 Å². The molecule has 0 aliphatic rings. The fourth-order valence-electron chi connectivity index (χ4n) is 2.18. The van der Waals surface area contributed by atoms with Gasteiger partial charge in [-0.25, -0.2) is 4.39 Å². The van der Waals surface area contributed by atoms with Crippen LogP contribution in [0.1, 0.15) is 22.7 Å². The van der Waals surface area contributed by atoms with Crippen molar-refractivity contribution in [1.82, 2.24) is 5.32 Å². The third-order valence-corrected chi connectivity index (χ3v) is 4.29. The van der Waals surface area contributed by atoms with Crippen LogP contribution in [0.2, 0.25) is 5.02 Å². The molecule has 1 atom stereocenters. The summed E-state index contributed by atoms with van der Waals surface area (Å²) in [5, 5.41) is 3.83. The lowest BCUT2D eigenvalue weighted by Gasteiger charge is -2.19. The number of nitrogens with one attached hydrogen (secondary N) is 1. The molecule has 19 heavy (non-hydrogen) atoms. The van der Waals surface area contributed by atoms with Crippen LogP contribution in [0.25, 0.3) is 0 Å². The summed E-state index contributed by atoms with van der Waals surface area (Å²) in [6, 6.07) is 10.6. The first-order valence-corrected chi connectivity index (χ1v) is 7.08. The first-order chi connectivity index (χ1) is 9.02. The van der Waals surface area contributed by atoms with Crippen LogP contribution in [-0.4, -0.2) is 7.05 Å². The van der Waals surface area contributed by atoms with Gasteiger partial charge in [-0.3, -0.25) is 0 Å². The molecule has 0 heterocycles. The van der Waals surface area contributed by atoms with Crippen molar-refractivity contribution in [3.63, 3.8) is 0 Å². The Kier molecular flexibility index (Phi) is 4.61. The van der Waals surface area contributed by atoms with Crippen molar-refractivity contribution in [1.29, 1.82) is 0 Å². The fourth-order valence-corrected chi connectivity index (χ4v) is 2.79. The second kappa shape index (κ2) is 6.04. The van der Waals surface area contributed by atoms with Crippen LogP contribution in [0.5, 0.6) is 0 Å². The fraction of sp³-hybridized carbons (Fsp3) is 0.200. The molecule has 0 saturated carbocycles. The van der Waals surface area contributed by atoms with Gasteiger partial charge >= 0.3 is 0 Å². The molecule has 2 rings (SSSR count). The highest BCUT2D eigenvalue weighted by molar-refractivity contribution is 9.10. The summed E-state index contributed by atoms with van der Waals surface area (Å²) < 4.78 is 14.4. The minimum Gasteiger partial charge on any atom is -0.309 e. The average molecular weight is 343 g/mol. The van der Waals surface area contributed by atoms with Gasteiger partial charge in [-0.1, -0.05) is 29.8 Å². The second-order valence-corrected chi connectivity index (χ2v) is 5.66. The maximum Gasteiger partial charge on any atom is 0.123 e. The smallest absolute Gasteiger partial charge is 0.123 e. The van der Waals surface area contributed by atoms with Crippen LogP contribution in [0, 0.1) is 12.7 Å². The van der Waals surface area contributed by atoms with Crippen molar-refractivity contribution in [2.24, 2.45) is 0 Å². The van der Waals surface area contributed by atoms with E-state index in [2.05, 4.69) is 21.2 Å². The summed E-state index contributed by atoms with van der Waals surface area (Å²) in [4.78, 5) is 0. The van der Waals surface area contributed by atoms with Crippen molar-refractivity contribution < 1.29 is 4.39 Å². The van der Waals surface area contributed by atoms with E-state index in [1.807, 2.05) is 38.2 Å². The van der Waals surface area contributed by atoms with Gasteiger partial charge in [0.1, 0.15) is 5.82 Å². The Labute approximate surface area is 125 Å². The normalized spacial score (nSPS) is 12.5. The van der Waals surface area contributed by atoms with Crippen molar-refractivity contribution in [3.05, 3.63) is 68.4 Å². The molecule has 0 radical (unpaired) electrons. The Balaban J connectivity index is 2.53. The van der Waals surface area contributed by atoms with E-state index >= 15 is 0 Å². The van der Waals surface area contributed by atoms with Crippen LogP contribution >= 0.6 is 27.5 Å². The first kappa shape index (κ1) is 14.5. The number of aryl methyl sites for hydroxylation is 1. The molecular weight excluding hydrogens is 329 g/mol. The lowest BCUT2D eigenvalue weighted by molar-refractivity contribution is 0.615.